The maximum absolute atomic E-state index is 5.99. The Morgan fingerprint density at radius 2 is 1.74 bits per heavy atom. The first-order valence-corrected chi connectivity index (χ1v) is 8.37. The number of aliphatic imine (C=N–C) groups is 1. The van der Waals surface area contributed by atoms with Crippen LogP contribution in [0.3, 0.4) is 0 Å². The molecule has 0 aliphatic heterocycles. The summed E-state index contributed by atoms with van der Waals surface area (Å²) in [5.41, 5.74) is 1.09. The fourth-order valence-corrected chi connectivity index (χ4v) is 2.50. The Kier molecular flexibility index (Phi) is 10.8. The molecule has 1 aromatic carbocycles. The summed E-state index contributed by atoms with van der Waals surface area (Å²) in [6.45, 7) is 3.51. The van der Waals surface area contributed by atoms with Gasteiger partial charge >= 0.3 is 0 Å². The Labute approximate surface area is 148 Å². The zero-order valence-electron chi connectivity index (χ0n) is 13.7. The minimum absolute atomic E-state index is 0.629. The van der Waals surface area contributed by atoms with Crippen molar-refractivity contribution in [2.24, 2.45) is 4.99 Å². The van der Waals surface area contributed by atoms with Crippen molar-refractivity contribution in [3.8, 4) is 0 Å². The van der Waals surface area contributed by atoms with Gasteiger partial charge in [-0.15, -0.1) is 0 Å². The lowest BCUT2D eigenvalue weighted by molar-refractivity contribution is 0.0698. The fraction of sp³-hybridized carbons (Fsp3) is 0.562. The second-order valence-electron chi connectivity index (χ2n) is 4.91. The molecule has 0 bridgehead atoms. The van der Waals surface area contributed by atoms with Crippen molar-refractivity contribution >= 4 is 29.2 Å². The summed E-state index contributed by atoms with van der Waals surface area (Å²) in [5, 5.41) is 7.82. The smallest absolute Gasteiger partial charge is 0.190 e. The van der Waals surface area contributed by atoms with Crippen molar-refractivity contribution in [2.45, 2.75) is 12.8 Å². The van der Waals surface area contributed by atoms with E-state index >= 15 is 0 Å². The third-order valence-corrected chi connectivity index (χ3v) is 3.48. The van der Waals surface area contributed by atoms with Crippen LogP contribution in [0.25, 0.3) is 0 Å². The summed E-state index contributed by atoms with van der Waals surface area (Å²) in [5.74, 6) is 0.773. The van der Waals surface area contributed by atoms with Gasteiger partial charge in [0.1, 0.15) is 0 Å². The van der Waals surface area contributed by atoms with Gasteiger partial charge in [-0.2, -0.15) is 0 Å². The Balaban J connectivity index is 2.16. The predicted octanol–water partition coefficient (Wildman–Crippen LogP) is 2.75. The van der Waals surface area contributed by atoms with Gasteiger partial charge in [-0.25, -0.2) is 0 Å². The summed E-state index contributed by atoms with van der Waals surface area (Å²) < 4.78 is 10.3. The Morgan fingerprint density at radius 1 is 1.04 bits per heavy atom. The van der Waals surface area contributed by atoms with Gasteiger partial charge in [0.2, 0.25) is 0 Å². The van der Waals surface area contributed by atoms with Crippen LogP contribution in [0.15, 0.2) is 23.2 Å². The lowest BCUT2D eigenvalue weighted by Crippen LogP contribution is -2.39. The van der Waals surface area contributed by atoms with Gasteiger partial charge < -0.3 is 20.1 Å². The minimum atomic E-state index is 0.629. The predicted molar refractivity (Wildman–Crippen MR) is 96.8 cm³/mol. The second kappa shape index (κ2) is 12.4. The van der Waals surface area contributed by atoms with Crippen LogP contribution in [0.4, 0.5) is 0 Å². The molecule has 130 valence electrons. The molecular weight excluding hydrogens is 337 g/mol. The summed E-state index contributed by atoms with van der Waals surface area (Å²) in [7, 11) is 3.42. The highest BCUT2D eigenvalue weighted by molar-refractivity contribution is 6.34. The summed E-state index contributed by atoms with van der Waals surface area (Å²) in [6, 6.07) is 5.57. The molecule has 0 heterocycles. The Morgan fingerprint density at radius 3 is 2.39 bits per heavy atom. The molecule has 0 radical (unpaired) electrons. The van der Waals surface area contributed by atoms with E-state index in [0.29, 0.717) is 29.9 Å². The van der Waals surface area contributed by atoms with E-state index in [4.69, 9.17) is 32.7 Å². The molecule has 5 nitrogen and oxygen atoms in total. The standard InChI is InChI=1S/C16H25Cl2N3O2/c1-19-16(20-5-3-7-23-9-8-22-2)21-6-4-13-10-14(17)12-15(18)11-13/h10-12H,3-9H2,1-2H3,(H2,19,20,21). The van der Waals surface area contributed by atoms with E-state index in [1.807, 2.05) is 12.1 Å². The van der Waals surface area contributed by atoms with Crippen molar-refractivity contribution in [1.82, 2.24) is 10.6 Å². The van der Waals surface area contributed by atoms with Crippen molar-refractivity contribution in [3.63, 3.8) is 0 Å². The molecule has 0 atom stereocenters. The van der Waals surface area contributed by atoms with Gasteiger partial charge in [-0.1, -0.05) is 23.2 Å². The Bertz CT molecular complexity index is 464. The van der Waals surface area contributed by atoms with Gasteiger partial charge in [-0.3, -0.25) is 4.99 Å². The largest absolute Gasteiger partial charge is 0.382 e. The third-order valence-electron chi connectivity index (χ3n) is 3.04. The van der Waals surface area contributed by atoms with Gasteiger partial charge in [0, 0.05) is 43.9 Å². The summed E-state index contributed by atoms with van der Waals surface area (Å²) in [4.78, 5) is 4.18. The maximum Gasteiger partial charge on any atom is 0.190 e. The molecular formula is C16H25Cl2N3O2. The number of hydrogen-bond donors (Lipinski definition) is 2. The van der Waals surface area contributed by atoms with E-state index in [1.165, 1.54) is 0 Å². The summed E-state index contributed by atoms with van der Waals surface area (Å²) >= 11 is 12.0. The number of guanidine groups is 1. The number of hydrogen-bond acceptors (Lipinski definition) is 3. The third kappa shape index (κ3) is 9.66. The fourth-order valence-electron chi connectivity index (χ4n) is 1.93. The second-order valence-corrected chi connectivity index (χ2v) is 5.79. The highest BCUT2D eigenvalue weighted by atomic mass is 35.5. The highest BCUT2D eigenvalue weighted by Gasteiger charge is 2.00. The molecule has 0 amide bonds. The number of rotatable bonds is 10. The first-order chi connectivity index (χ1) is 11.2. The average Bonchev–Trinajstić information content (AvgIpc) is 2.51. The van der Waals surface area contributed by atoms with Crippen LogP contribution < -0.4 is 10.6 Å². The molecule has 2 N–H and O–H groups in total. The molecule has 0 aliphatic carbocycles. The monoisotopic (exact) mass is 361 g/mol. The number of benzene rings is 1. The quantitative estimate of drug-likeness (QED) is 0.382. The van der Waals surface area contributed by atoms with Crippen molar-refractivity contribution in [3.05, 3.63) is 33.8 Å². The van der Waals surface area contributed by atoms with E-state index in [0.717, 1.165) is 37.5 Å². The van der Waals surface area contributed by atoms with Crippen molar-refractivity contribution < 1.29 is 9.47 Å². The van der Waals surface area contributed by atoms with Gasteiger partial charge in [0.25, 0.3) is 0 Å². The van der Waals surface area contributed by atoms with Gasteiger partial charge in [0.05, 0.1) is 13.2 Å². The van der Waals surface area contributed by atoms with Crippen molar-refractivity contribution in [1.29, 1.82) is 0 Å². The minimum Gasteiger partial charge on any atom is -0.382 e. The number of nitrogens with zero attached hydrogens (tertiary/aromatic N) is 1. The first-order valence-electron chi connectivity index (χ1n) is 7.62. The molecule has 1 aromatic rings. The lowest BCUT2D eigenvalue weighted by atomic mass is 10.1. The Hall–Kier alpha value is -1.01. The topological polar surface area (TPSA) is 54.9 Å². The molecule has 0 saturated heterocycles. The van der Waals surface area contributed by atoms with Crippen LogP contribution in [0.1, 0.15) is 12.0 Å². The molecule has 0 spiro atoms. The SMILES string of the molecule is CN=C(NCCCOCCOC)NCCc1cc(Cl)cc(Cl)c1. The van der Waals surface area contributed by atoms with E-state index in [1.54, 1.807) is 20.2 Å². The van der Waals surface area contributed by atoms with E-state index < -0.39 is 0 Å². The van der Waals surface area contributed by atoms with E-state index in [-0.39, 0.29) is 0 Å². The number of nitrogens with one attached hydrogen (secondary N) is 2. The van der Waals surface area contributed by atoms with Gasteiger partial charge in [0.15, 0.2) is 5.96 Å². The zero-order chi connectivity index (χ0) is 16.9. The van der Waals surface area contributed by atoms with Crippen molar-refractivity contribution in [2.75, 3.05) is 47.1 Å². The number of halogens is 2. The first kappa shape index (κ1) is 20.0. The van der Waals surface area contributed by atoms with Crippen LogP contribution in [0.5, 0.6) is 0 Å². The van der Waals surface area contributed by atoms with Crippen LogP contribution in [0, 0.1) is 0 Å². The normalized spacial score (nSPS) is 11.6. The highest BCUT2D eigenvalue weighted by Crippen LogP contribution is 2.19. The molecule has 0 fully saturated rings. The molecule has 1 rings (SSSR count). The van der Waals surface area contributed by atoms with Crippen LogP contribution in [0.2, 0.25) is 10.0 Å². The van der Waals surface area contributed by atoms with E-state index in [9.17, 15) is 0 Å². The molecule has 0 aromatic heterocycles. The van der Waals surface area contributed by atoms with Gasteiger partial charge in [-0.05, 0) is 36.6 Å². The van der Waals surface area contributed by atoms with Crippen LogP contribution >= 0.6 is 23.2 Å². The number of ether oxygens (including phenoxy) is 2. The van der Waals surface area contributed by atoms with Crippen LogP contribution in [-0.2, 0) is 15.9 Å². The summed E-state index contributed by atoms with van der Waals surface area (Å²) in [6.07, 6.45) is 1.73. The van der Waals surface area contributed by atoms with E-state index in [2.05, 4.69) is 15.6 Å². The molecule has 23 heavy (non-hydrogen) atoms. The molecule has 7 heteroatoms. The number of methoxy groups -OCH3 is 1. The zero-order valence-corrected chi connectivity index (χ0v) is 15.2. The maximum atomic E-state index is 5.99. The molecule has 0 aliphatic rings. The molecule has 0 unspecified atom stereocenters. The molecule has 0 saturated carbocycles. The average molecular weight is 362 g/mol. The lowest BCUT2D eigenvalue weighted by Gasteiger charge is -2.12. The van der Waals surface area contributed by atoms with Crippen LogP contribution in [-0.4, -0.2) is 53.0 Å².